The zero-order valence-electron chi connectivity index (χ0n) is 23.8. The first-order chi connectivity index (χ1) is 18.0. The van der Waals surface area contributed by atoms with Gasteiger partial charge >= 0.3 is 0 Å². The Morgan fingerprint density at radius 1 is 1.24 bits per heavy atom. The number of carbonyl (C=O) groups excluding carboxylic acids is 2. The van der Waals surface area contributed by atoms with E-state index in [1.165, 1.54) is 0 Å². The zero-order chi connectivity index (χ0) is 27.9. The number of hydrogen-bond donors (Lipinski definition) is 2. The first kappa shape index (κ1) is 30.5. The minimum atomic E-state index is -0.341. The van der Waals surface area contributed by atoms with Crippen LogP contribution >= 0.6 is 11.6 Å². The summed E-state index contributed by atoms with van der Waals surface area (Å²) in [6.07, 6.45) is 1.35. The Labute approximate surface area is 232 Å². The Balaban J connectivity index is 1.90. The predicted molar refractivity (Wildman–Crippen MR) is 149 cm³/mol. The third-order valence-electron chi connectivity index (χ3n) is 6.83. The molecule has 0 bridgehead atoms. The predicted octanol–water partition coefficient (Wildman–Crippen LogP) is 2.81. The Kier molecular flexibility index (Phi) is 11.1. The molecule has 0 aliphatic carbocycles. The average molecular weight is 553 g/mol. The molecule has 10 nitrogen and oxygen atoms in total. The summed E-state index contributed by atoms with van der Waals surface area (Å²) in [5.41, 5.74) is -0.0639. The van der Waals surface area contributed by atoms with Gasteiger partial charge in [-0.2, -0.15) is 0 Å². The highest BCUT2D eigenvalue weighted by atomic mass is 35.5. The normalized spacial score (nSPS) is 20.5. The molecule has 0 saturated carbocycles. The fourth-order valence-corrected chi connectivity index (χ4v) is 5.08. The van der Waals surface area contributed by atoms with Gasteiger partial charge in [-0.25, -0.2) is 9.97 Å². The van der Waals surface area contributed by atoms with Crippen LogP contribution in [0.3, 0.4) is 0 Å². The molecule has 2 saturated heterocycles. The van der Waals surface area contributed by atoms with Crippen LogP contribution in [0, 0.1) is 11.8 Å². The third-order valence-corrected chi connectivity index (χ3v) is 7.10. The van der Waals surface area contributed by atoms with Crippen molar-refractivity contribution in [3.63, 3.8) is 0 Å². The van der Waals surface area contributed by atoms with Crippen LogP contribution in [0.25, 0.3) is 0 Å². The van der Waals surface area contributed by atoms with E-state index >= 15 is 0 Å². The molecule has 38 heavy (non-hydrogen) atoms. The molecule has 3 heterocycles. The molecule has 0 unspecified atom stereocenters. The second kappa shape index (κ2) is 13.9. The van der Waals surface area contributed by atoms with Gasteiger partial charge in [0.15, 0.2) is 0 Å². The van der Waals surface area contributed by atoms with Crippen molar-refractivity contribution in [3.05, 3.63) is 16.5 Å². The van der Waals surface area contributed by atoms with Gasteiger partial charge in [0.1, 0.15) is 22.4 Å². The van der Waals surface area contributed by atoms with E-state index in [4.69, 9.17) is 26.1 Å². The molecule has 2 atom stereocenters. The lowest BCUT2D eigenvalue weighted by atomic mass is 9.92. The summed E-state index contributed by atoms with van der Waals surface area (Å²) in [6, 6.07) is -0.159. The first-order valence-electron chi connectivity index (χ1n) is 13.7. The minimum Gasteiger partial charge on any atom is -0.385 e. The average Bonchev–Trinajstić information content (AvgIpc) is 2.88. The Hall–Kier alpha value is -2.01. The lowest BCUT2D eigenvalue weighted by Gasteiger charge is -2.40. The molecule has 214 valence electrons. The molecular weight excluding hydrogens is 508 g/mol. The van der Waals surface area contributed by atoms with Crippen LogP contribution in [0.2, 0.25) is 5.15 Å². The van der Waals surface area contributed by atoms with Gasteiger partial charge < -0.3 is 29.9 Å². The van der Waals surface area contributed by atoms with Crippen LogP contribution in [0.4, 0.5) is 5.82 Å². The number of carbonyl (C=O) groups is 2. The standard InChI is InChI=1S/C27H45ClN6O4/c1-18(2)17-34(20-14-19(15-29-16-20)24(35)33-9-12-38-13-10-33)25(36)21-22(28)31-26(27(3,4)5)32-23(21)30-8-7-11-37-6/h18-20,29H,7-17H2,1-6H3,(H,30,31,32)/t19-,20+/m1/s1. The minimum absolute atomic E-state index is 0.124. The topological polar surface area (TPSA) is 109 Å². The van der Waals surface area contributed by atoms with Crippen LogP contribution in [-0.2, 0) is 19.7 Å². The van der Waals surface area contributed by atoms with Gasteiger partial charge in [0.2, 0.25) is 5.91 Å². The largest absolute Gasteiger partial charge is 0.385 e. The molecule has 1 aromatic heterocycles. The van der Waals surface area contributed by atoms with Crippen molar-refractivity contribution in [2.75, 3.05) is 71.5 Å². The summed E-state index contributed by atoms with van der Waals surface area (Å²) < 4.78 is 10.6. The van der Waals surface area contributed by atoms with Crippen LogP contribution in [0.15, 0.2) is 0 Å². The number of nitrogens with zero attached hydrogens (tertiary/aromatic N) is 4. The smallest absolute Gasteiger partial charge is 0.261 e. The van der Waals surface area contributed by atoms with Crippen LogP contribution in [-0.4, -0.2) is 104 Å². The highest BCUT2D eigenvalue weighted by molar-refractivity contribution is 6.33. The monoisotopic (exact) mass is 552 g/mol. The van der Waals surface area contributed by atoms with E-state index in [9.17, 15) is 9.59 Å². The lowest BCUT2D eigenvalue weighted by molar-refractivity contribution is -0.140. The van der Waals surface area contributed by atoms with Crippen molar-refractivity contribution in [3.8, 4) is 0 Å². The summed E-state index contributed by atoms with van der Waals surface area (Å²) in [5, 5.41) is 6.86. The zero-order valence-corrected chi connectivity index (χ0v) is 24.6. The van der Waals surface area contributed by atoms with Crippen molar-refractivity contribution in [1.29, 1.82) is 0 Å². The van der Waals surface area contributed by atoms with Crippen molar-refractivity contribution < 1.29 is 19.1 Å². The number of morpholine rings is 1. The van der Waals surface area contributed by atoms with Crippen molar-refractivity contribution >= 4 is 29.2 Å². The van der Waals surface area contributed by atoms with Crippen LogP contribution < -0.4 is 10.6 Å². The van der Waals surface area contributed by atoms with Gasteiger partial charge in [-0.05, 0) is 18.8 Å². The molecule has 11 heteroatoms. The van der Waals surface area contributed by atoms with E-state index in [1.54, 1.807) is 7.11 Å². The van der Waals surface area contributed by atoms with Gasteiger partial charge in [-0.3, -0.25) is 9.59 Å². The summed E-state index contributed by atoms with van der Waals surface area (Å²) in [7, 11) is 1.66. The van der Waals surface area contributed by atoms with Gasteiger partial charge in [-0.15, -0.1) is 0 Å². The van der Waals surface area contributed by atoms with E-state index in [2.05, 4.69) is 29.5 Å². The molecule has 0 radical (unpaired) electrons. The van der Waals surface area contributed by atoms with Crippen LogP contribution in [0.5, 0.6) is 0 Å². The van der Waals surface area contributed by atoms with Crippen molar-refractivity contribution in [1.82, 2.24) is 25.1 Å². The van der Waals surface area contributed by atoms with Crippen LogP contribution in [0.1, 0.15) is 63.6 Å². The number of amides is 2. The molecule has 2 aliphatic rings. The Bertz CT molecular complexity index is 948. The van der Waals surface area contributed by atoms with Crippen molar-refractivity contribution in [2.45, 2.75) is 58.9 Å². The number of rotatable bonds is 10. The Morgan fingerprint density at radius 2 is 1.95 bits per heavy atom. The molecule has 2 aliphatic heterocycles. The number of aromatic nitrogens is 2. The first-order valence-corrected chi connectivity index (χ1v) is 14.1. The fourth-order valence-electron chi connectivity index (χ4n) is 4.83. The Morgan fingerprint density at radius 3 is 2.58 bits per heavy atom. The highest BCUT2D eigenvalue weighted by Crippen LogP contribution is 2.30. The van der Waals surface area contributed by atoms with Gasteiger partial charge in [0.05, 0.1) is 19.1 Å². The number of anilines is 1. The summed E-state index contributed by atoms with van der Waals surface area (Å²) >= 11 is 6.72. The lowest BCUT2D eigenvalue weighted by Crippen LogP contribution is -2.56. The molecule has 0 aromatic carbocycles. The number of nitrogens with one attached hydrogen (secondary N) is 2. The molecule has 2 N–H and O–H groups in total. The number of piperidine rings is 1. The second-order valence-electron chi connectivity index (χ2n) is 11.6. The van der Waals surface area contributed by atoms with E-state index in [0.29, 0.717) is 77.2 Å². The maximum Gasteiger partial charge on any atom is 0.261 e. The number of methoxy groups -OCH3 is 1. The molecular formula is C27H45ClN6O4. The molecule has 0 spiro atoms. The summed E-state index contributed by atoms with van der Waals surface area (Å²) in [6.45, 7) is 15.5. The van der Waals surface area contributed by atoms with E-state index in [0.717, 1.165) is 6.42 Å². The quantitative estimate of drug-likeness (QED) is 0.337. The van der Waals surface area contributed by atoms with E-state index in [1.807, 2.05) is 30.6 Å². The van der Waals surface area contributed by atoms with E-state index in [-0.39, 0.29) is 45.8 Å². The number of ether oxygens (including phenoxy) is 2. The SMILES string of the molecule is COCCCNc1nc(C(C)(C)C)nc(Cl)c1C(=O)N(CC(C)C)[C@@H]1CNC[C@H](C(=O)N2CCOCC2)C1. The fraction of sp³-hybridized carbons (Fsp3) is 0.778. The maximum atomic E-state index is 14.2. The summed E-state index contributed by atoms with van der Waals surface area (Å²) in [4.78, 5) is 40.5. The van der Waals surface area contributed by atoms with E-state index < -0.39 is 0 Å². The van der Waals surface area contributed by atoms with Gasteiger partial charge in [-0.1, -0.05) is 46.2 Å². The third kappa shape index (κ3) is 8.00. The molecule has 1 aromatic rings. The molecule has 2 amide bonds. The summed E-state index contributed by atoms with van der Waals surface area (Å²) in [5.74, 6) is 0.939. The molecule has 2 fully saturated rings. The number of halogens is 1. The highest BCUT2D eigenvalue weighted by Gasteiger charge is 2.37. The van der Waals surface area contributed by atoms with Gasteiger partial charge in [0, 0.05) is 64.4 Å². The maximum absolute atomic E-state index is 14.2. The number of hydrogen-bond acceptors (Lipinski definition) is 8. The van der Waals surface area contributed by atoms with Crippen molar-refractivity contribution in [2.24, 2.45) is 11.8 Å². The molecule has 3 rings (SSSR count). The van der Waals surface area contributed by atoms with Gasteiger partial charge in [0.25, 0.3) is 5.91 Å². The second-order valence-corrected chi connectivity index (χ2v) is 12.0.